The summed E-state index contributed by atoms with van der Waals surface area (Å²) in [6.45, 7) is 0.832. The number of hydrogen-bond donors (Lipinski definition) is 2. The van der Waals surface area contributed by atoms with E-state index in [1.165, 1.54) is 4.57 Å². The van der Waals surface area contributed by atoms with Crippen LogP contribution in [0.1, 0.15) is 43.6 Å². The fraction of sp³-hybridized carbons (Fsp3) is 0.538. The van der Waals surface area contributed by atoms with Crippen LogP contribution in [-0.2, 0) is 11.2 Å². The highest BCUT2D eigenvalue weighted by Gasteiger charge is 2.42. The molecule has 1 aliphatic heterocycles. The first-order valence-electron chi connectivity index (χ1n) is 14.1. The van der Waals surface area contributed by atoms with Crippen LogP contribution in [0.5, 0.6) is 0 Å². The molecule has 33 heavy (non-hydrogen) atoms. The zero-order valence-electron chi connectivity index (χ0n) is 24.4. The number of carbonyl (C=O) groups excluding carboxylic acids is 2. The smallest absolute Gasteiger partial charge is 0.326 e. The van der Waals surface area contributed by atoms with Gasteiger partial charge in [0.1, 0.15) is 0 Å². The van der Waals surface area contributed by atoms with E-state index in [4.69, 9.17) is 6.85 Å². The highest BCUT2D eigenvalue weighted by Crippen LogP contribution is 2.45. The lowest BCUT2D eigenvalue weighted by molar-refractivity contribution is -0.127. The van der Waals surface area contributed by atoms with Crippen molar-refractivity contribution in [1.82, 2.24) is 25.0 Å². The van der Waals surface area contributed by atoms with Crippen molar-refractivity contribution in [1.29, 1.82) is 0 Å². The molecule has 0 unspecified atom stereocenters. The topological polar surface area (TPSA) is 69.6 Å². The molecule has 0 saturated carbocycles. The van der Waals surface area contributed by atoms with E-state index in [-0.39, 0.29) is 23.8 Å². The van der Waals surface area contributed by atoms with Gasteiger partial charge >= 0.3 is 6.03 Å². The van der Waals surface area contributed by atoms with E-state index in [0.717, 1.165) is 29.5 Å². The van der Waals surface area contributed by atoms with Gasteiger partial charge in [-0.1, -0.05) is 18.2 Å². The van der Waals surface area contributed by atoms with Crippen LogP contribution < -0.4 is 10.6 Å². The number of amides is 2. The second-order valence-corrected chi connectivity index (χ2v) is 9.32. The Balaban J connectivity index is 1.63. The van der Waals surface area contributed by atoms with Crippen molar-refractivity contribution in [3.63, 3.8) is 0 Å². The van der Waals surface area contributed by atoms with Crippen LogP contribution in [0.3, 0.4) is 0 Å². The quantitative estimate of drug-likeness (QED) is 0.473. The minimum atomic E-state index is -3.00. The predicted molar refractivity (Wildman–Crippen MR) is 133 cm³/mol. The molecule has 0 spiro atoms. The lowest BCUT2D eigenvalue weighted by atomic mass is 9.72. The number of benzene rings is 1. The molecule has 2 heterocycles. The van der Waals surface area contributed by atoms with Crippen molar-refractivity contribution >= 4 is 22.8 Å². The van der Waals surface area contributed by atoms with Crippen LogP contribution in [0.25, 0.3) is 10.9 Å². The molecule has 1 saturated heterocycles. The van der Waals surface area contributed by atoms with Crippen LogP contribution in [-0.4, -0.2) is 79.1 Å². The number of hydrogen-bond acceptors (Lipinski definition) is 4. The van der Waals surface area contributed by atoms with E-state index in [0.29, 0.717) is 38.0 Å². The Kier molecular flexibility index (Phi) is 5.44. The summed E-state index contributed by atoms with van der Waals surface area (Å²) in [6, 6.07) is 4.97. The average Bonchev–Trinajstić information content (AvgIpc) is 3.21. The van der Waals surface area contributed by atoms with E-state index in [2.05, 4.69) is 21.7 Å². The fourth-order valence-corrected chi connectivity index (χ4v) is 5.50. The molecular weight excluding hydrogens is 414 g/mol. The lowest BCUT2D eigenvalue weighted by Crippen LogP contribution is -2.53. The third kappa shape index (κ3) is 4.70. The summed E-state index contributed by atoms with van der Waals surface area (Å²) in [7, 11) is 4.02. The van der Waals surface area contributed by atoms with Gasteiger partial charge in [0.25, 0.3) is 0 Å². The van der Waals surface area contributed by atoms with Gasteiger partial charge in [-0.2, -0.15) is 0 Å². The van der Waals surface area contributed by atoms with Gasteiger partial charge in [-0.05, 0) is 63.9 Å². The molecule has 7 nitrogen and oxygen atoms in total. The number of aromatic nitrogens is 1. The number of nitrogens with one attached hydrogen (secondary N) is 2. The zero-order valence-corrected chi connectivity index (χ0v) is 19.4. The maximum absolute atomic E-state index is 13.1. The van der Waals surface area contributed by atoms with E-state index < -0.39 is 19.4 Å². The van der Waals surface area contributed by atoms with Gasteiger partial charge in [0.15, 0.2) is 0 Å². The molecule has 2 aliphatic rings. The third-order valence-electron chi connectivity index (χ3n) is 6.90. The first-order valence-corrected chi connectivity index (χ1v) is 11.6. The fourth-order valence-electron chi connectivity index (χ4n) is 5.50. The maximum atomic E-state index is 13.1. The summed E-state index contributed by atoms with van der Waals surface area (Å²) in [4.78, 5) is 30.6. The Labute approximate surface area is 203 Å². The Morgan fingerprint density at radius 2 is 2.21 bits per heavy atom. The summed E-state index contributed by atoms with van der Waals surface area (Å²) >= 11 is 0. The van der Waals surface area contributed by atoms with Crippen LogP contribution in [0, 0.1) is 5.92 Å². The Morgan fingerprint density at radius 3 is 2.97 bits per heavy atom. The summed E-state index contributed by atoms with van der Waals surface area (Å²) in [5.41, 5.74) is 2.60. The number of carbonyl (C=O) groups is 2. The van der Waals surface area contributed by atoms with Crippen molar-refractivity contribution < 1.29 is 16.4 Å². The van der Waals surface area contributed by atoms with Crippen LogP contribution in [0.2, 0.25) is 0 Å². The minimum absolute atomic E-state index is 0.0538. The molecule has 2 aromatic rings. The summed E-state index contributed by atoms with van der Waals surface area (Å²) in [5, 5.41) is 6.07. The second kappa shape index (κ2) is 10.1. The van der Waals surface area contributed by atoms with Crippen molar-refractivity contribution in [2.75, 3.05) is 46.8 Å². The van der Waals surface area contributed by atoms with Crippen molar-refractivity contribution in [2.24, 2.45) is 5.92 Å². The lowest BCUT2D eigenvalue weighted by Gasteiger charge is -2.46. The first kappa shape index (κ1) is 17.8. The molecule has 178 valence electrons. The van der Waals surface area contributed by atoms with Gasteiger partial charge in [-0.25, -0.2) is 4.79 Å². The summed E-state index contributed by atoms with van der Waals surface area (Å²) in [5.74, 6) is -0.0486. The van der Waals surface area contributed by atoms with Gasteiger partial charge in [-0.15, -0.1) is 6.58 Å². The highest BCUT2D eigenvalue weighted by atomic mass is 16.2. The molecule has 1 aromatic heterocycles. The molecule has 1 aromatic carbocycles. The Bertz CT molecular complexity index is 1210. The molecule has 0 radical (unpaired) electrons. The molecule has 2 N–H and O–H groups in total. The minimum Gasteiger partial charge on any atom is -0.356 e. The summed E-state index contributed by atoms with van der Waals surface area (Å²) < 4.78 is 39.2. The number of nitrogens with zero attached hydrogens (tertiary/aromatic N) is 3. The summed E-state index contributed by atoms with van der Waals surface area (Å²) in [6.07, 6.45) is 5.77. The maximum Gasteiger partial charge on any atom is 0.326 e. The monoisotopic (exact) mass is 456 g/mol. The van der Waals surface area contributed by atoms with Crippen LogP contribution in [0.4, 0.5) is 4.79 Å². The van der Waals surface area contributed by atoms with Crippen LogP contribution in [0.15, 0.2) is 37.1 Å². The SMILES string of the molecule is [2H]C([2H])([2H])C([2H])([2H])NC(=O)n1cc2c3c(cccc31)[C@H]1C[C@@H](C(=O)NCCCN(C)C)CN(CC=C)[C@@H]1C2. The van der Waals surface area contributed by atoms with Crippen molar-refractivity contribution in [3.05, 3.63) is 48.2 Å². The number of fused-ring (bicyclic) bond motifs is 2. The van der Waals surface area contributed by atoms with Gasteiger partial charge in [0.05, 0.1) is 11.4 Å². The predicted octanol–water partition coefficient (Wildman–Crippen LogP) is 2.80. The molecule has 4 rings (SSSR count). The molecule has 0 bridgehead atoms. The normalized spacial score (nSPS) is 25.3. The molecule has 1 aliphatic carbocycles. The van der Waals surface area contributed by atoms with E-state index >= 15 is 0 Å². The van der Waals surface area contributed by atoms with Gasteiger partial charge < -0.3 is 15.5 Å². The van der Waals surface area contributed by atoms with Crippen LogP contribution >= 0.6 is 0 Å². The molecule has 1 fully saturated rings. The van der Waals surface area contributed by atoms with E-state index in [1.807, 2.05) is 37.6 Å². The third-order valence-corrected chi connectivity index (χ3v) is 6.90. The molecular formula is C26H37N5O2. The molecule has 7 heteroatoms. The number of likely N-dealkylation sites (tertiary alicyclic amines) is 1. The largest absolute Gasteiger partial charge is 0.356 e. The van der Waals surface area contributed by atoms with Crippen molar-refractivity contribution in [2.45, 2.75) is 38.1 Å². The molecule has 3 atom stereocenters. The second-order valence-electron chi connectivity index (χ2n) is 9.32. The Hall–Kier alpha value is -2.64. The number of piperidine rings is 1. The zero-order chi connectivity index (χ0) is 27.8. The van der Waals surface area contributed by atoms with E-state index in [9.17, 15) is 9.59 Å². The first-order chi connectivity index (χ1) is 17.8. The Morgan fingerprint density at radius 1 is 1.36 bits per heavy atom. The molecule has 2 amide bonds. The van der Waals surface area contributed by atoms with Crippen molar-refractivity contribution in [3.8, 4) is 0 Å². The van der Waals surface area contributed by atoms with Gasteiger partial charge in [-0.3, -0.25) is 14.3 Å². The number of rotatable bonds is 8. The standard InChI is InChI=1S/C26H37N5O2/c1-5-12-30-16-19(25(32)28-11-8-13-29(3)4)14-21-20-9-7-10-22-24(20)18(15-23(21)30)17-31(22)26(33)27-6-2/h5,7,9-10,17,19,21,23H,1,6,8,11-16H2,2-4H3,(H,27,33)(H,28,32)/t19-,21-,23-/m1/s1/i2D3,6D2. The average molecular weight is 457 g/mol. The van der Waals surface area contributed by atoms with Gasteiger partial charge in [0.2, 0.25) is 5.91 Å². The van der Waals surface area contributed by atoms with E-state index in [1.54, 1.807) is 12.3 Å². The van der Waals surface area contributed by atoms with Gasteiger partial charge in [0, 0.05) is 56.5 Å². The highest BCUT2D eigenvalue weighted by molar-refractivity contribution is 5.96.